The molecule has 0 amide bonds. The van der Waals surface area contributed by atoms with Crippen molar-refractivity contribution >= 4 is 17.9 Å². The minimum absolute atomic E-state index is 0.145. The number of esters is 2. The maximum absolute atomic E-state index is 12.9. The number of carbonyl (C=O) groups is 3. The van der Waals surface area contributed by atoms with E-state index < -0.39 is 24.3 Å². The lowest BCUT2D eigenvalue weighted by molar-refractivity contribution is -0.870. The summed E-state index contributed by atoms with van der Waals surface area (Å²) >= 11 is 0. The molecule has 9 nitrogen and oxygen atoms in total. The molecule has 0 saturated heterocycles. The van der Waals surface area contributed by atoms with Gasteiger partial charge in [-0.05, 0) is 96.3 Å². The van der Waals surface area contributed by atoms with Gasteiger partial charge >= 0.3 is 11.9 Å². The monoisotopic (exact) mass is 1190 g/mol. The van der Waals surface area contributed by atoms with Crippen LogP contribution in [0.5, 0.6) is 0 Å². The first-order valence-corrected chi connectivity index (χ1v) is 35.4. The van der Waals surface area contributed by atoms with Crippen molar-refractivity contribution in [2.45, 2.75) is 322 Å². The fraction of sp³-hybridized carbons (Fsp3) is 0.750. The lowest BCUT2D eigenvalue weighted by Crippen LogP contribution is -2.44. The van der Waals surface area contributed by atoms with Crippen LogP contribution in [0.1, 0.15) is 309 Å². The van der Waals surface area contributed by atoms with E-state index in [1.165, 1.54) is 193 Å². The Kier molecular flexibility index (Phi) is 63.2. The number of allylic oxidation sites excluding steroid dienone is 16. The van der Waals surface area contributed by atoms with Crippen molar-refractivity contribution < 1.29 is 42.9 Å². The normalized spacial score (nSPS) is 13.3. The van der Waals surface area contributed by atoms with Crippen LogP contribution in [0.2, 0.25) is 0 Å². The molecule has 0 aliphatic rings. The SMILES string of the molecule is CC/C=C\C/C=C\C/C=C\C/C=C\C/C=C\CCCCCCCCCCCCCCCC(=O)OC(COC(=O)CCCCCCCCCCCCCCCCCC/C=C\C/C=C\C/C=C\CCCCCCC)COC(OCC[N+](C)(C)C)C(=O)[O-]. The highest BCUT2D eigenvalue weighted by Crippen LogP contribution is 2.17. The molecule has 0 fully saturated rings. The zero-order chi connectivity index (χ0) is 61.9. The summed E-state index contributed by atoms with van der Waals surface area (Å²) < 4.78 is 22.8. The number of hydrogen-bond acceptors (Lipinski definition) is 8. The Morgan fingerprint density at radius 2 is 0.671 bits per heavy atom. The van der Waals surface area contributed by atoms with Crippen LogP contribution in [0.15, 0.2) is 97.2 Å². The highest BCUT2D eigenvalue weighted by Gasteiger charge is 2.22. The van der Waals surface area contributed by atoms with Gasteiger partial charge in [-0.3, -0.25) is 9.59 Å². The number of rotatable bonds is 65. The van der Waals surface area contributed by atoms with Gasteiger partial charge in [-0.15, -0.1) is 0 Å². The van der Waals surface area contributed by atoms with E-state index >= 15 is 0 Å². The molecular formula is C76H133NO8. The summed E-state index contributed by atoms with van der Waals surface area (Å²) in [4.78, 5) is 37.5. The quantitative estimate of drug-likeness (QED) is 0.0195. The predicted molar refractivity (Wildman–Crippen MR) is 361 cm³/mol. The van der Waals surface area contributed by atoms with Gasteiger partial charge in [-0.2, -0.15) is 0 Å². The van der Waals surface area contributed by atoms with Gasteiger partial charge in [0.1, 0.15) is 13.2 Å². The number of unbranched alkanes of at least 4 members (excludes halogenated alkanes) is 34. The maximum atomic E-state index is 12.9. The van der Waals surface area contributed by atoms with E-state index in [1.54, 1.807) is 0 Å². The van der Waals surface area contributed by atoms with Crippen LogP contribution in [-0.4, -0.2) is 82.3 Å². The Morgan fingerprint density at radius 3 is 1.00 bits per heavy atom. The average molecular weight is 1190 g/mol. The van der Waals surface area contributed by atoms with Crippen LogP contribution in [0.4, 0.5) is 0 Å². The molecule has 0 bridgehead atoms. The lowest BCUT2D eigenvalue weighted by Gasteiger charge is -2.26. The Bertz CT molecular complexity index is 1720. The predicted octanol–water partition coefficient (Wildman–Crippen LogP) is 20.7. The molecule has 490 valence electrons. The van der Waals surface area contributed by atoms with Crippen LogP contribution in [-0.2, 0) is 33.3 Å². The van der Waals surface area contributed by atoms with E-state index in [9.17, 15) is 19.5 Å². The van der Waals surface area contributed by atoms with Gasteiger partial charge < -0.3 is 33.3 Å². The van der Waals surface area contributed by atoms with E-state index in [4.69, 9.17) is 18.9 Å². The highest BCUT2D eigenvalue weighted by molar-refractivity contribution is 5.70. The van der Waals surface area contributed by atoms with Crippen molar-refractivity contribution in [3.8, 4) is 0 Å². The van der Waals surface area contributed by atoms with Gasteiger partial charge in [0.15, 0.2) is 12.4 Å². The molecule has 0 rings (SSSR count). The van der Waals surface area contributed by atoms with Gasteiger partial charge in [0.2, 0.25) is 0 Å². The van der Waals surface area contributed by atoms with Crippen molar-refractivity contribution in [3.63, 3.8) is 0 Å². The molecule has 0 N–H and O–H groups in total. The molecule has 0 radical (unpaired) electrons. The number of carbonyl (C=O) groups excluding carboxylic acids is 3. The molecule has 2 atom stereocenters. The molecule has 85 heavy (non-hydrogen) atoms. The Hall–Kier alpha value is -3.79. The zero-order valence-electron chi connectivity index (χ0n) is 56.0. The summed E-state index contributed by atoms with van der Waals surface area (Å²) in [5.41, 5.74) is 0. The van der Waals surface area contributed by atoms with E-state index in [1.807, 2.05) is 21.1 Å². The second-order valence-electron chi connectivity index (χ2n) is 24.8. The van der Waals surface area contributed by atoms with Crippen LogP contribution in [0.25, 0.3) is 0 Å². The Morgan fingerprint density at radius 1 is 0.365 bits per heavy atom. The van der Waals surface area contributed by atoms with Crippen molar-refractivity contribution in [3.05, 3.63) is 97.2 Å². The molecule has 0 aromatic carbocycles. The molecule has 0 aromatic rings. The fourth-order valence-electron chi connectivity index (χ4n) is 9.93. The third-order valence-corrected chi connectivity index (χ3v) is 15.3. The van der Waals surface area contributed by atoms with Crippen molar-refractivity contribution in [1.82, 2.24) is 0 Å². The third-order valence-electron chi connectivity index (χ3n) is 15.3. The standard InChI is InChI=1S/C76H133NO8/c1-6-8-10-12-14-16-18-20-22-24-26-28-30-32-34-36-37-39-40-42-44-46-48-50-52-54-56-58-60-62-64-66-73(78)83-70-72(71-84-76(75(80)81)82-69-68-77(3,4)5)85-74(79)67-65-63-61-59-57-55-53-51-49-47-45-43-41-38-35-33-31-29-27-25-23-21-19-17-15-13-11-9-7-2/h9,11,15,17-18,20-21,23-24,26-27,29-30,32-33,35,72,76H,6-8,10,12-14,16,19,22,25,28,31,34,36-71H2,1-5H3/b11-9-,17-15-,20-18-,23-21-,26-24-,29-27-,32-30-,35-33-. The third kappa shape index (κ3) is 67.6. The number of likely N-dealkylation sites (N-methyl/N-ethyl adjacent to an activating group) is 1. The summed E-state index contributed by atoms with van der Waals surface area (Å²) in [5.74, 6) is -2.28. The van der Waals surface area contributed by atoms with Gasteiger partial charge in [-0.1, -0.05) is 297 Å². The molecule has 2 unspecified atom stereocenters. The van der Waals surface area contributed by atoms with E-state index in [0.29, 0.717) is 17.4 Å². The molecule has 0 aliphatic carbocycles. The topological polar surface area (TPSA) is 111 Å². The molecular weight excluding hydrogens is 1050 g/mol. The second kappa shape index (κ2) is 66.2. The second-order valence-corrected chi connectivity index (χ2v) is 24.8. The molecule has 9 heteroatoms. The molecule has 0 aliphatic heterocycles. The summed E-state index contributed by atoms with van der Waals surface area (Å²) in [6.07, 6.45) is 87.7. The average Bonchev–Trinajstić information content (AvgIpc) is 3.48. The fourth-order valence-corrected chi connectivity index (χ4v) is 9.93. The summed E-state index contributed by atoms with van der Waals surface area (Å²) in [6.45, 7) is 4.65. The van der Waals surface area contributed by atoms with E-state index in [0.717, 1.165) is 83.5 Å². The smallest absolute Gasteiger partial charge is 0.306 e. The minimum atomic E-state index is -1.63. The molecule has 0 aromatic heterocycles. The minimum Gasteiger partial charge on any atom is -0.545 e. The van der Waals surface area contributed by atoms with Gasteiger partial charge in [-0.25, -0.2) is 0 Å². The first-order chi connectivity index (χ1) is 41.6. The lowest BCUT2D eigenvalue weighted by atomic mass is 10.0. The van der Waals surface area contributed by atoms with Crippen molar-refractivity contribution in [1.29, 1.82) is 0 Å². The van der Waals surface area contributed by atoms with Crippen LogP contribution in [0, 0.1) is 0 Å². The molecule has 0 heterocycles. The Labute approximate surface area is 524 Å². The van der Waals surface area contributed by atoms with Gasteiger partial charge in [0.05, 0.1) is 40.3 Å². The first kappa shape index (κ1) is 81.2. The summed E-state index contributed by atoms with van der Waals surface area (Å²) in [5, 5.41) is 11.8. The van der Waals surface area contributed by atoms with Crippen molar-refractivity contribution in [2.75, 3.05) is 47.5 Å². The maximum Gasteiger partial charge on any atom is 0.306 e. The number of nitrogens with zero attached hydrogens (tertiary/aromatic N) is 1. The van der Waals surface area contributed by atoms with Crippen LogP contribution < -0.4 is 5.11 Å². The van der Waals surface area contributed by atoms with E-state index in [2.05, 4.69) is 111 Å². The Balaban J connectivity index is 4.11. The van der Waals surface area contributed by atoms with E-state index in [-0.39, 0.29) is 38.6 Å². The number of quaternary nitrogens is 1. The number of hydrogen-bond donors (Lipinski definition) is 0. The molecule has 0 saturated carbocycles. The number of carboxylic acids is 1. The highest BCUT2D eigenvalue weighted by atomic mass is 16.7. The van der Waals surface area contributed by atoms with Crippen LogP contribution in [0.3, 0.4) is 0 Å². The number of ether oxygens (including phenoxy) is 4. The van der Waals surface area contributed by atoms with Crippen molar-refractivity contribution in [2.24, 2.45) is 0 Å². The zero-order valence-corrected chi connectivity index (χ0v) is 56.0. The van der Waals surface area contributed by atoms with Gasteiger partial charge in [0.25, 0.3) is 0 Å². The van der Waals surface area contributed by atoms with Crippen LogP contribution >= 0.6 is 0 Å². The molecule has 0 spiro atoms. The summed E-state index contributed by atoms with van der Waals surface area (Å²) in [6, 6.07) is 0. The number of aliphatic carboxylic acids is 1. The van der Waals surface area contributed by atoms with Gasteiger partial charge in [0, 0.05) is 12.8 Å². The summed E-state index contributed by atoms with van der Waals surface area (Å²) in [7, 11) is 5.93. The largest absolute Gasteiger partial charge is 0.545 e. The number of carboxylic acid groups (broad SMARTS) is 1. The first-order valence-electron chi connectivity index (χ1n) is 35.4.